The zero-order valence-electron chi connectivity index (χ0n) is 22.1. The molecule has 1 saturated heterocycles. The molecule has 8 heteroatoms. The van der Waals surface area contributed by atoms with Crippen molar-refractivity contribution < 1.29 is 38.8 Å². The number of ether oxygens (including phenoxy) is 3. The fraction of sp³-hybridized carbons (Fsp3) is 0.759. The maximum Gasteiger partial charge on any atom is 0.505 e. The van der Waals surface area contributed by atoms with E-state index in [0.29, 0.717) is 12.0 Å². The molecule has 2 aliphatic heterocycles. The van der Waals surface area contributed by atoms with Gasteiger partial charge in [-0.1, -0.05) is 12.5 Å². The zero-order valence-corrected chi connectivity index (χ0v) is 22.1. The van der Waals surface area contributed by atoms with Gasteiger partial charge in [0.1, 0.15) is 24.4 Å². The van der Waals surface area contributed by atoms with Gasteiger partial charge in [0.15, 0.2) is 5.78 Å². The number of hydrogen-bond donors (Lipinski definition) is 2. The summed E-state index contributed by atoms with van der Waals surface area (Å²) in [5, 5.41) is 20.4. The molecule has 0 aromatic carbocycles. The molecule has 0 aromatic rings. The molecule has 202 valence electrons. The number of ketones is 1. The lowest BCUT2D eigenvalue weighted by Gasteiger charge is -2.58. The van der Waals surface area contributed by atoms with Crippen molar-refractivity contribution in [2.24, 2.45) is 40.4 Å². The fourth-order valence-electron chi connectivity index (χ4n) is 9.76. The molecule has 11 atom stereocenters. The third-order valence-corrected chi connectivity index (χ3v) is 11.8. The van der Waals surface area contributed by atoms with Gasteiger partial charge in [0.05, 0.1) is 11.5 Å². The number of allylic oxidation sites excluding steroid dienone is 1. The highest BCUT2D eigenvalue weighted by molar-refractivity contribution is 5.98. The van der Waals surface area contributed by atoms with Crippen molar-refractivity contribution >= 4 is 17.9 Å². The first-order valence-electron chi connectivity index (χ1n) is 13.8. The Morgan fingerprint density at radius 3 is 2.68 bits per heavy atom. The van der Waals surface area contributed by atoms with Crippen molar-refractivity contribution in [2.75, 3.05) is 6.61 Å². The van der Waals surface area contributed by atoms with Gasteiger partial charge >= 0.3 is 12.1 Å². The largest absolute Gasteiger partial charge is 0.505 e. The second-order valence-corrected chi connectivity index (χ2v) is 12.8. The normalized spacial score (nSPS) is 48.8. The molecule has 37 heavy (non-hydrogen) atoms. The van der Waals surface area contributed by atoms with E-state index < -0.39 is 23.3 Å². The van der Waals surface area contributed by atoms with Gasteiger partial charge in [-0.25, -0.2) is 9.59 Å². The number of cyclic esters (lactones) is 1. The number of carbonyl (C=O) groups is 3. The minimum Gasteiger partial charge on any atom is -0.458 e. The Kier molecular flexibility index (Phi) is 5.53. The van der Waals surface area contributed by atoms with Gasteiger partial charge in [-0.05, 0) is 94.6 Å². The average Bonchev–Trinajstić information content (AvgIpc) is 3.48. The molecule has 2 N–H and O–H groups in total. The van der Waals surface area contributed by atoms with Crippen LogP contribution in [0.3, 0.4) is 0 Å². The maximum absolute atomic E-state index is 13.4. The SMILES string of the molecule is CC1=C(C)C(=O)O[C@@H]([C@@H](C)[C@H]2CC[C@H]3[C@@H]4C[C@H]5O[C@]56[C@@H](O)C=CC(=O)[C@]6(C)[C@H]4CC[C@]23COC(=O)O)C1. The molecule has 1 spiro atoms. The summed E-state index contributed by atoms with van der Waals surface area (Å²) in [7, 11) is 0. The molecule has 4 fully saturated rings. The summed E-state index contributed by atoms with van der Waals surface area (Å²) >= 11 is 0. The lowest BCUT2D eigenvalue weighted by atomic mass is 9.44. The van der Waals surface area contributed by atoms with Crippen LogP contribution in [-0.2, 0) is 23.8 Å². The molecule has 0 bridgehead atoms. The van der Waals surface area contributed by atoms with Gasteiger partial charge in [-0.2, -0.15) is 0 Å². The van der Waals surface area contributed by atoms with Crippen LogP contribution in [0.15, 0.2) is 23.3 Å². The van der Waals surface area contributed by atoms with Gasteiger partial charge in [0, 0.05) is 17.4 Å². The highest BCUT2D eigenvalue weighted by atomic mass is 16.7. The Bertz CT molecular complexity index is 1110. The molecule has 2 heterocycles. The van der Waals surface area contributed by atoms with Gasteiger partial charge in [-0.15, -0.1) is 0 Å². The molecule has 6 rings (SSSR count). The summed E-state index contributed by atoms with van der Waals surface area (Å²) in [5.41, 5.74) is -0.286. The topological polar surface area (TPSA) is 123 Å². The standard InChI is InChI=1S/C29H38O8/c1-14-11-21(36-25(32)15(14)2)16(3)18-5-6-20-17-12-24-29(37-24)23(31)8-7-22(30)27(29,4)19(17)9-10-28(18,20)13-35-26(33)34/h7-8,16-21,23-24,31H,5-6,9-13H2,1-4H3,(H,33,34)/t16-,17+,18+,19-,20-,21+,23-,24+,27-,28-,29+/m0/s1. The minimum atomic E-state index is -1.28. The van der Waals surface area contributed by atoms with E-state index in [1.165, 1.54) is 6.08 Å². The second kappa shape index (κ2) is 8.15. The zero-order chi connectivity index (χ0) is 26.5. The highest BCUT2D eigenvalue weighted by Crippen LogP contribution is 2.73. The van der Waals surface area contributed by atoms with E-state index in [1.54, 1.807) is 13.0 Å². The van der Waals surface area contributed by atoms with Crippen molar-refractivity contribution in [3.8, 4) is 0 Å². The molecular weight excluding hydrogens is 476 g/mol. The number of esters is 1. The molecular formula is C29H38O8. The van der Waals surface area contributed by atoms with E-state index in [1.807, 2.05) is 13.8 Å². The van der Waals surface area contributed by atoms with Crippen LogP contribution in [-0.4, -0.2) is 58.6 Å². The Hall–Kier alpha value is -2.19. The van der Waals surface area contributed by atoms with E-state index in [-0.39, 0.29) is 65.6 Å². The molecule has 8 nitrogen and oxygen atoms in total. The van der Waals surface area contributed by atoms with E-state index in [0.717, 1.165) is 37.7 Å². The number of aliphatic hydroxyl groups is 1. The number of hydrogen-bond acceptors (Lipinski definition) is 7. The number of carbonyl (C=O) groups excluding carboxylic acids is 2. The van der Waals surface area contributed by atoms with Crippen LogP contribution in [0.25, 0.3) is 0 Å². The molecule has 4 aliphatic carbocycles. The van der Waals surface area contributed by atoms with Crippen molar-refractivity contribution in [1.29, 1.82) is 0 Å². The summed E-state index contributed by atoms with van der Waals surface area (Å²) in [5.74, 6) is 0.339. The van der Waals surface area contributed by atoms with Crippen molar-refractivity contribution in [3.63, 3.8) is 0 Å². The Morgan fingerprint density at radius 1 is 1.22 bits per heavy atom. The van der Waals surface area contributed by atoms with Crippen LogP contribution in [0.5, 0.6) is 0 Å². The van der Waals surface area contributed by atoms with Gasteiger partial charge in [0.2, 0.25) is 0 Å². The van der Waals surface area contributed by atoms with Crippen molar-refractivity contribution in [2.45, 2.75) is 90.1 Å². The number of carboxylic acid groups (broad SMARTS) is 1. The summed E-state index contributed by atoms with van der Waals surface area (Å²) in [6, 6.07) is 0. The number of aliphatic hydroxyl groups excluding tert-OH is 1. The van der Waals surface area contributed by atoms with Gasteiger partial charge in [0.25, 0.3) is 0 Å². The monoisotopic (exact) mass is 514 g/mol. The number of rotatable bonds is 4. The highest BCUT2D eigenvalue weighted by Gasteiger charge is 2.80. The summed E-state index contributed by atoms with van der Waals surface area (Å²) in [6.45, 7) is 8.01. The summed E-state index contributed by atoms with van der Waals surface area (Å²) in [6.07, 6.45) is 5.37. The second-order valence-electron chi connectivity index (χ2n) is 12.8. The van der Waals surface area contributed by atoms with Gasteiger partial charge in [-0.3, -0.25) is 4.79 Å². The Balaban J connectivity index is 1.34. The van der Waals surface area contributed by atoms with Crippen molar-refractivity contribution in [1.82, 2.24) is 0 Å². The third kappa shape index (κ3) is 3.17. The molecule has 0 amide bonds. The third-order valence-electron chi connectivity index (χ3n) is 11.8. The molecule has 3 saturated carbocycles. The lowest BCUT2D eigenvalue weighted by molar-refractivity contribution is -0.160. The molecule has 0 aromatic heterocycles. The first kappa shape index (κ1) is 25.1. The van der Waals surface area contributed by atoms with Crippen LogP contribution >= 0.6 is 0 Å². The van der Waals surface area contributed by atoms with E-state index in [9.17, 15) is 24.6 Å². The summed E-state index contributed by atoms with van der Waals surface area (Å²) < 4.78 is 17.5. The number of epoxide rings is 1. The van der Waals surface area contributed by atoms with Crippen LogP contribution in [0, 0.1) is 40.4 Å². The Morgan fingerprint density at radius 2 is 1.97 bits per heavy atom. The lowest BCUT2D eigenvalue weighted by Crippen LogP contribution is -2.64. The smallest absolute Gasteiger partial charge is 0.458 e. The van der Waals surface area contributed by atoms with Crippen LogP contribution in [0.2, 0.25) is 0 Å². The average molecular weight is 515 g/mol. The first-order chi connectivity index (χ1) is 17.5. The maximum atomic E-state index is 13.4. The predicted molar refractivity (Wildman–Crippen MR) is 131 cm³/mol. The van der Waals surface area contributed by atoms with Crippen LogP contribution < -0.4 is 0 Å². The van der Waals surface area contributed by atoms with E-state index in [2.05, 4.69) is 6.92 Å². The summed E-state index contributed by atoms with van der Waals surface area (Å²) in [4.78, 5) is 37.5. The van der Waals surface area contributed by atoms with Crippen LogP contribution in [0.4, 0.5) is 4.79 Å². The molecule has 0 unspecified atom stereocenters. The predicted octanol–water partition coefficient (Wildman–Crippen LogP) is 4.06. The van der Waals surface area contributed by atoms with E-state index >= 15 is 0 Å². The van der Waals surface area contributed by atoms with Crippen LogP contribution in [0.1, 0.15) is 66.2 Å². The minimum absolute atomic E-state index is 0.0268. The molecule has 6 aliphatic rings. The fourth-order valence-corrected chi connectivity index (χ4v) is 9.76. The van der Waals surface area contributed by atoms with Crippen molar-refractivity contribution in [3.05, 3.63) is 23.3 Å². The number of fused-ring (bicyclic) bond motifs is 4. The van der Waals surface area contributed by atoms with Gasteiger partial charge < -0.3 is 24.4 Å². The Labute approximate surface area is 217 Å². The molecule has 0 radical (unpaired) electrons. The quantitative estimate of drug-likeness (QED) is 0.425. The van der Waals surface area contributed by atoms with E-state index in [4.69, 9.17) is 14.2 Å². The first-order valence-corrected chi connectivity index (χ1v) is 13.8.